The molecule has 1 aliphatic rings. The molecule has 2 rings (SSSR count). The second-order valence-corrected chi connectivity index (χ2v) is 9.32. The van der Waals surface area contributed by atoms with Gasteiger partial charge in [0, 0.05) is 6.54 Å². The molecule has 0 spiro atoms. The van der Waals surface area contributed by atoms with E-state index in [2.05, 4.69) is 0 Å². The Kier molecular flexibility index (Phi) is 6.11. The van der Waals surface area contributed by atoms with Gasteiger partial charge >= 0.3 is 5.97 Å². The number of carboxylic acids is 1. The molecule has 1 aromatic carbocycles. The topological polar surface area (TPSA) is 91.8 Å². The molecule has 0 heterocycles. The minimum Gasteiger partial charge on any atom is -0.480 e. The summed E-state index contributed by atoms with van der Waals surface area (Å²) in [5.41, 5.74) is 1.42. The van der Waals surface area contributed by atoms with Crippen molar-refractivity contribution in [1.29, 1.82) is 0 Å². The Bertz CT molecular complexity index is 794. The largest absolute Gasteiger partial charge is 0.480 e. The molecule has 0 aliphatic heterocycles. The summed E-state index contributed by atoms with van der Waals surface area (Å²) in [5, 5.41) is 9.14. The third-order valence-corrected chi connectivity index (χ3v) is 7.69. The number of sulfone groups is 1. The van der Waals surface area contributed by atoms with E-state index in [0.717, 1.165) is 5.56 Å². The predicted molar refractivity (Wildman–Crippen MR) is 98.8 cm³/mol. The van der Waals surface area contributed by atoms with Crippen LogP contribution in [0.25, 0.3) is 0 Å². The Morgan fingerprint density at radius 2 is 1.81 bits per heavy atom. The maximum atomic E-state index is 13.6. The average molecular weight is 381 g/mol. The maximum absolute atomic E-state index is 13.6. The van der Waals surface area contributed by atoms with Crippen LogP contribution in [0.5, 0.6) is 0 Å². The number of aryl methyl sites for hydroxylation is 2. The molecule has 144 valence electrons. The number of aliphatic carboxylic acids is 1. The highest BCUT2D eigenvalue weighted by molar-refractivity contribution is 7.93. The van der Waals surface area contributed by atoms with E-state index < -0.39 is 33.0 Å². The summed E-state index contributed by atoms with van der Waals surface area (Å²) in [7, 11) is -3.94. The second-order valence-electron chi connectivity index (χ2n) is 7.09. The van der Waals surface area contributed by atoms with Gasteiger partial charge in [0.15, 0.2) is 14.6 Å². The summed E-state index contributed by atoms with van der Waals surface area (Å²) in [4.78, 5) is 25.8. The lowest BCUT2D eigenvalue weighted by atomic mass is 10.1. The van der Waals surface area contributed by atoms with E-state index in [4.69, 9.17) is 5.11 Å². The molecule has 0 bridgehead atoms. The Morgan fingerprint density at radius 1 is 1.19 bits per heavy atom. The van der Waals surface area contributed by atoms with Crippen molar-refractivity contribution in [2.75, 3.05) is 13.1 Å². The van der Waals surface area contributed by atoms with Crippen molar-refractivity contribution in [3.8, 4) is 0 Å². The third kappa shape index (κ3) is 3.63. The fourth-order valence-electron chi connectivity index (χ4n) is 3.72. The van der Waals surface area contributed by atoms with Crippen LogP contribution >= 0.6 is 0 Å². The summed E-state index contributed by atoms with van der Waals surface area (Å²) in [6.07, 6.45) is 2.33. The molecule has 26 heavy (non-hydrogen) atoms. The molecule has 1 fully saturated rings. The van der Waals surface area contributed by atoms with Crippen LogP contribution < -0.4 is 0 Å². The fraction of sp³-hybridized carbons (Fsp3) is 0.579. The quantitative estimate of drug-likeness (QED) is 0.784. The van der Waals surface area contributed by atoms with Gasteiger partial charge in [-0.1, -0.05) is 31.9 Å². The van der Waals surface area contributed by atoms with Crippen LogP contribution in [-0.2, 0) is 19.4 Å². The molecule has 1 N–H and O–H groups in total. The summed E-state index contributed by atoms with van der Waals surface area (Å²) >= 11 is 0. The highest BCUT2D eigenvalue weighted by Gasteiger charge is 2.54. The highest BCUT2D eigenvalue weighted by atomic mass is 32.2. The zero-order valence-corrected chi connectivity index (χ0v) is 16.4. The number of rotatable bonds is 7. The van der Waals surface area contributed by atoms with E-state index in [1.807, 2.05) is 19.9 Å². The van der Waals surface area contributed by atoms with Gasteiger partial charge in [0.1, 0.15) is 6.54 Å². The van der Waals surface area contributed by atoms with Gasteiger partial charge in [-0.25, -0.2) is 8.42 Å². The van der Waals surface area contributed by atoms with Gasteiger partial charge in [-0.3, -0.25) is 9.59 Å². The van der Waals surface area contributed by atoms with E-state index in [9.17, 15) is 18.0 Å². The predicted octanol–water partition coefficient (Wildman–Crippen LogP) is 2.71. The highest BCUT2D eigenvalue weighted by Crippen LogP contribution is 2.43. The smallest absolute Gasteiger partial charge is 0.323 e. The van der Waals surface area contributed by atoms with E-state index in [0.29, 0.717) is 24.8 Å². The van der Waals surface area contributed by atoms with Crippen molar-refractivity contribution in [3.05, 3.63) is 29.3 Å². The van der Waals surface area contributed by atoms with Crippen molar-refractivity contribution in [3.63, 3.8) is 0 Å². The van der Waals surface area contributed by atoms with Gasteiger partial charge in [0.05, 0.1) is 4.90 Å². The van der Waals surface area contributed by atoms with Crippen LogP contribution in [0.2, 0.25) is 0 Å². The van der Waals surface area contributed by atoms with Crippen molar-refractivity contribution >= 4 is 21.7 Å². The number of benzene rings is 1. The Hall–Kier alpha value is -1.89. The number of hydrogen-bond acceptors (Lipinski definition) is 4. The molecule has 0 atom stereocenters. The Balaban J connectivity index is 2.56. The van der Waals surface area contributed by atoms with Gasteiger partial charge in [0.2, 0.25) is 5.91 Å². The molecule has 1 amide bonds. The molecule has 0 aromatic heterocycles. The number of carboxylic acid groups (broad SMARTS) is 1. The van der Waals surface area contributed by atoms with E-state index >= 15 is 0 Å². The van der Waals surface area contributed by atoms with Crippen LogP contribution in [0, 0.1) is 13.8 Å². The van der Waals surface area contributed by atoms with Gasteiger partial charge in [0.25, 0.3) is 0 Å². The monoisotopic (exact) mass is 381 g/mol. The first-order chi connectivity index (χ1) is 12.2. The molecule has 1 saturated carbocycles. The van der Waals surface area contributed by atoms with Crippen LogP contribution in [0.4, 0.5) is 0 Å². The summed E-state index contributed by atoms with van der Waals surface area (Å²) < 4.78 is 25.6. The third-order valence-electron chi connectivity index (χ3n) is 5.06. The standard InChI is InChI=1S/C19H27NO5S/c1-4-11-20(13-17(21)22)18(23)19(9-5-6-10-19)26(24,25)16-12-14(2)7-8-15(16)3/h7-8,12H,4-6,9-11,13H2,1-3H3,(H,21,22). The molecular weight excluding hydrogens is 354 g/mol. The van der Waals surface area contributed by atoms with E-state index in [1.165, 1.54) is 4.90 Å². The van der Waals surface area contributed by atoms with Crippen LogP contribution in [0.1, 0.15) is 50.2 Å². The first kappa shape index (κ1) is 20.4. The van der Waals surface area contributed by atoms with Crippen LogP contribution in [0.3, 0.4) is 0 Å². The minimum atomic E-state index is -3.94. The molecule has 1 aliphatic carbocycles. The van der Waals surface area contributed by atoms with Crippen LogP contribution in [0.15, 0.2) is 23.1 Å². The first-order valence-electron chi connectivity index (χ1n) is 8.99. The molecule has 0 radical (unpaired) electrons. The number of carbonyl (C=O) groups is 2. The average Bonchev–Trinajstić information content (AvgIpc) is 3.07. The van der Waals surface area contributed by atoms with Gasteiger partial charge in [-0.2, -0.15) is 0 Å². The Labute approximate surface area is 155 Å². The SMILES string of the molecule is CCCN(CC(=O)O)C(=O)C1(S(=O)(=O)c2cc(C)ccc2C)CCCC1. The molecule has 6 nitrogen and oxygen atoms in total. The van der Waals surface area contributed by atoms with E-state index in [-0.39, 0.29) is 24.3 Å². The number of hydrogen-bond donors (Lipinski definition) is 1. The van der Waals surface area contributed by atoms with Crippen molar-refractivity contribution in [2.45, 2.75) is 62.5 Å². The summed E-state index contributed by atoms with van der Waals surface area (Å²) in [5.74, 6) is -1.70. The van der Waals surface area contributed by atoms with Gasteiger partial charge in [-0.15, -0.1) is 0 Å². The van der Waals surface area contributed by atoms with Gasteiger partial charge in [-0.05, 0) is 50.3 Å². The Morgan fingerprint density at radius 3 is 2.35 bits per heavy atom. The maximum Gasteiger partial charge on any atom is 0.323 e. The molecule has 0 unspecified atom stereocenters. The minimum absolute atomic E-state index is 0.180. The lowest BCUT2D eigenvalue weighted by Gasteiger charge is -2.33. The molecule has 7 heteroatoms. The molecule has 1 aromatic rings. The summed E-state index contributed by atoms with van der Waals surface area (Å²) in [6, 6.07) is 5.20. The van der Waals surface area contributed by atoms with Crippen LogP contribution in [-0.4, -0.2) is 48.1 Å². The first-order valence-corrected chi connectivity index (χ1v) is 10.5. The zero-order chi connectivity index (χ0) is 19.5. The van der Waals surface area contributed by atoms with Crippen molar-refractivity contribution in [1.82, 2.24) is 4.90 Å². The fourth-order valence-corrected chi connectivity index (χ4v) is 6.16. The lowest BCUT2D eigenvalue weighted by molar-refractivity contribution is -0.145. The molecular formula is C19H27NO5S. The van der Waals surface area contributed by atoms with E-state index in [1.54, 1.807) is 19.1 Å². The van der Waals surface area contributed by atoms with Crippen molar-refractivity contribution < 1.29 is 23.1 Å². The normalized spacial score (nSPS) is 16.4. The van der Waals surface area contributed by atoms with Gasteiger partial charge < -0.3 is 10.0 Å². The zero-order valence-electron chi connectivity index (χ0n) is 15.6. The lowest BCUT2D eigenvalue weighted by Crippen LogP contribution is -2.53. The molecule has 0 saturated heterocycles. The number of amides is 1. The summed E-state index contributed by atoms with van der Waals surface area (Å²) in [6.45, 7) is 5.13. The number of nitrogens with zero attached hydrogens (tertiary/aromatic N) is 1. The second kappa shape index (κ2) is 7.78. The number of carbonyl (C=O) groups excluding carboxylic acids is 1. The van der Waals surface area contributed by atoms with Crippen molar-refractivity contribution in [2.24, 2.45) is 0 Å².